The molecule has 0 aliphatic carbocycles. The number of hydrogen-bond acceptors (Lipinski definition) is 3. The van der Waals surface area contributed by atoms with Crippen LogP contribution in [-0.2, 0) is 24.0 Å². The van der Waals surface area contributed by atoms with E-state index >= 15 is 0 Å². The Bertz CT molecular complexity index is 1320. The molecule has 0 saturated carbocycles. The SMILES string of the molecule is O=C(CCCOc1ccc(CO)cc1)NC(c1ccc(Cc2ccccc2)cc1)c1ccc(C(F)(F)F)cc1. The second-order valence-corrected chi connectivity index (χ2v) is 9.28. The van der Waals surface area contributed by atoms with Gasteiger partial charge < -0.3 is 15.2 Å². The van der Waals surface area contributed by atoms with Crippen LogP contribution in [0.25, 0.3) is 0 Å². The Morgan fingerprint density at radius 1 is 0.769 bits per heavy atom. The molecule has 0 heterocycles. The molecule has 4 aromatic rings. The second kappa shape index (κ2) is 13.1. The van der Waals surface area contributed by atoms with E-state index in [9.17, 15) is 18.0 Å². The summed E-state index contributed by atoms with van der Waals surface area (Å²) in [5, 5.41) is 12.1. The van der Waals surface area contributed by atoms with Crippen molar-refractivity contribution in [2.24, 2.45) is 0 Å². The molecule has 0 spiro atoms. The van der Waals surface area contributed by atoms with Gasteiger partial charge in [0.15, 0.2) is 0 Å². The van der Waals surface area contributed by atoms with Gasteiger partial charge in [0.05, 0.1) is 24.8 Å². The van der Waals surface area contributed by atoms with Crippen LogP contribution in [0, 0.1) is 0 Å². The molecule has 4 rings (SSSR count). The Morgan fingerprint density at radius 3 is 1.92 bits per heavy atom. The molecule has 0 aliphatic rings. The molecule has 2 N–H and O–H groups in total. The van der Waals surface area contributed by atoms with Gasteiger partial charge >= 0.3 is 6.18 Å². The molecule has 0 saturated heterocycles. The van der Waals surface area contributed by atoms with Gasteiger partial charge in [0, 0.05) is 6.42 Å². The summed E-state index contributed by atoms with van der Waals surface area (Å²) in [6.45, 7) is 0.279. The van der Waals surface area contributed by atoms with Gasteiger partial charge in [0.25, 0.3) is 0 Å². The first-order chi connectivity index (χ1) is 18.8. The average Bonchev–Trinajstić information content (AvgIpc) is 2.95. The molecule has 4 aromatic carbocycles. The topological polar surface area (TPSA) is 58.6 Å². The fraction of sp³-hybridized carbons (Fsp3) is 0.219. The number of ether oxygens (including phenoxy) is 1. The van der Waals surface area contributed by atoms with Gasteiger partial charge in [-0.3, -0.25) is 4.79 Å². The number of carbonyl (C=O) groups is 1. The molecular formula is C32H30F3NO3. The van der Waals surface area contributed by atoms with Crippen molar-refractivity contribution in [3.63, 3.8) is 0 Å². The lowest BCUT2D eigenvalue weighted by atomic mass is 9.95. The number of rotatable bonds is 11. The largest absolute Gasteiger partial charge is 0.494 e. The highest BCUT2D eigenvalue weighted by atomic mass is 19.4. The summed E-state index contributed by atoms with van der Waals surface area (Å²) < 4.78 is 45.0. The monoisotopic (exact) mass is 533 g/mol. The van der Waals surface area contributed by atoms with Crippen molar-refractivity contribution < 1.29 is 27.8 Å². The van der Waals surface area contributed by atoms with Crippen LogP contribution in [0.15, 0.2) is 103 Å². The van der Waals surface area contributed by atoms with Gasteiger partial charge in [-0.05, 0) is 64.9 Å². The summed E-state index contributed by atoms with van der Waals surface area (Å²) in [4.78, 5) is 12.9. The number of aliphatic hydroxyl groups excluding tert-OH is 1. The van der Waals surface area contributed by atoms with Crippen molar-refractivity contribution >= 4 is 5.91 Å². The highest BCUT2D eigenvalue weighted by molar-refractivity contribution is 5.77. The first kappa shape index (κ1) is 27.9. The third-order valence-electron chi connectivity index (χ3n) is 6.36. The van der Waals surface area contributed by atoms with Crippen LogP contribution in [-0.4, -0.2) is 17.6 Å². The number of alkyl halides is 3. The predicted octanol–water partition coefficient (Wildman–Crippen LogP) is 6.85. The number of carbonyl (C=O) groups excluding carboxylic acids is 1. The Labute approximate surface area is 226 Å². The van der Waals surface area contributed by atoms with E-state index in [1.54, 1.807) is 24.3 Å². The van der Waals surface area contributed by atoms with E-state index in [4.69, 9.17) is 9.84 Å². The zero-order chi connectivity index (χ0) is 27.7. The first-order valence-electron chi connectivity index (χ1n) is 12.7. The van der Waals surface area contributed by atoms with E-state index < -0.39 is 17.8 Å². The molecule has 1 atom stereocenters. The van der Waals surface area contributed by atoms with Crippen LogP contribution in [0.2, 0.25) is 0 Å². The summed E-state index contributed by atoms with van der Waals surface area (Å²) >= 11 is 0. The zero-order valence-corrected chi connectivity index (χ0v) is 21.3. The van der Waals surface area contributed by atoms with Crippen LogP contribution in [0.5, 0.6) is 5.75 Å². The highest BCUT2D eigenvalue weighted by Crippen LogP contribution is 2.31. The molecule has 4 nitrogen and oxygen atoms in total. The quantitative estimate of drug-likeness (QED) is 0.207. The van der Waals surface area contributed by atoms with E-state index in [1.165, 1.54) is 17.7 Å². The van der Waals surface area contributed by atoms with Crippen LogP contribution in [0.4, 0.5) is 13.2 Å². The first-order valence-corrected chi connectivity index (χ1v) is 12.7. The van der Waals surface area contributed by atoms with Crippen molar-refractivity contribution in [2.75, 3.05) is 6.61 Å². The number of hydrogen-bond donors (Lipinski definition) is 2. The van der Waals surface area contributed by atoms with Gasteiger partial charge in [0.2, 0.25) is 5.91 Å². The molecule has 0 bridgehead atoms. The molecule has 1 amide bonds. The minimum Gasteiger partial charge on any atom is -0.494 e. The van der Waals surface area contributed by atoms with Gasteiger partial charge in [-0.25, -0.2) is 0 Å². The van der Waals surface area contributed by atoms with Crippen molar-refractivity contribution in [1.82, 2.24) is 5.32 Å². The van der Waals surface area contributed by atoms with Crippen molar-refractivity contribution in [3.05, 3.63) is 137 Å². The van der Waals surface area contributed by atoms with Gasteiger partial charge in [-0.2, -0.15) is 13.2 Å². The van der Waals surface area contributed by atoms with E-state index in [2.05, 4.69) is 5.32 Å². The fourth-order valence-electron chi connectivity index (χ4n) is 4.23. The maximum Gasteiger partial charge on any atom is 0.416 e. The van der Waals surface area contributed by atoms with Crippen molar-refractivity contribution in [2.45, 2.75) is 38.1 Å². The Morgan fingerprint density at radius 2 is 1.33 bits per heavy atom. The smallest absolute Gasteiger partial charge is 0.416 e. The fourth-order valence-corrected chi connectivity index (χ4v) is 4.23. The number of aliphatic hydroxyl groups is 1. The molecule has 1 unspecified atom stereocenters. The van der Waals surface area contributed by atoms with Crippen molar-refractivity contribution in [3.8, 4) is 5.75 Å². The second-order valence-electron chi connectivity index (χ2n) is 9.28. The van der Waals surface area contributed by atoms with E-state index in [0.717, 1.165) is 35.2 Å². The van der Waals surface area contributed by atoms with Crippen LogP contribution < -0.4 is 10.1 Å². The summed E-state index contributed by atoms with van der Waals surface area (Å²) in [5.41, 5.74) is 3.64. The van der Waals surface area contributed by atoms with Crippen LogP contribution in [0.1, 0.15) is 52.3 Å². The predicted molar refractivity (Wildman–Crippen MR) is 144 cm³/mol. The molecule has 0 radical (unpaired) electrons. The standard InChI is InChI=1S/C32H30F3NO3/c33-32(34,35)28-16-14-27(15-17-28)31(26-12-8-24(9-13-26)21-23-5-2-1-3-6-23)36-30(38)7-4-20-39-29-18-10-25(22-37)11-19-29/h1-3,5-6,8-19,31,37H,4,7,20-22H2,(H,36,38). The van der Waals surface area contributed by atoms with Gasteiger partial charge in [0.1, 0.15) is 5.75 Å². The molecule has 0 aliphatic heterocycles. The molecule has 0 aromatic heterocycles. The summed E-state index contributed by atoms with van der Waals surface area (Å²) in [6, 6.07) is 29.1. The summed E-state index contributed by atoms with van der Waals surface area (Å²) in [7, 11) is 0. The van der Waals surface area contributed by atoms with Gasteiger partial charge in [-0.15, -0.1) is 0 Å². The lowest BCUT2D eigenvalue weighted by Crippen LogP contribution is -2.29. The third-order valence-corrected chi connectivity index (χ3v) is 6.36. The summed E-state index contributed by atoms with van der Waals surface area (Å²) in [5.74, 6) is 0.415. The normalized spacial score (nSPS) is 12.1. The number of halogens is 3. The Hall–Kier alpha value is -4.10. The number of benzene rings is 4. The molecule has 202 valence electrons. The minimum atomic E-state index is -4.44. The van der Waals surface area contributed by atoms with E-state index in [1.807, 2.05) is 54.6 Å². The molecule has 0 fully saturated rings. The number of nitrogens with one attached hydrogen (secondary N) is 1. The molecule has 39 heavy (non-hydrogen) atoms. The van der Waals surface area contributed by atoms with Gasteiger partial charge in [-0.1, -0.05) is 78.9 Å². The third kappa shape index (κ3) is 8.19. The van der Waals surface area contributed by atoms with E-state index in [-0.39, 0.29) is 18.9 Å². The molecule has 7 heteroatoms. The maximum absolute atomic E-state index is 13.1. The lowest BCUT2D eigenvalue weighted by Gasteiger charge is -2.21. The average molecular weight is 534 g/mol. The van der Waals surface area contributed by atoms with Crippen molar-refractivity contribution in [1.29, 1.82) is 0 Å². The lowest BCUT2D eigenvalue weighted by molar-refractivity contribution is -0.137. The number of amides is 1. The Balaban J connectivity index is 1.43. The summed E-state index contributed by atoms with van der Waals surface area (Å²) in [6.07, 6.45) is -3.03. The van der Waals surface area contributed by atoms with Crippen LogP contribution >= 0.6 is 0 Å². The highest BCUT2D eigenvalue weighted by Gasteiger charge is 2.30. The maximum atomic E-state index is 13.1. The van der Waals surface area contributed by atoms with E-state index in [0.29, 0.717) is 24.3 Å². The molecular weight excluding hydrogens is 503 g/mol. The Kier molecular flexibility index (Phi) is 9.39. The zero-order valence-electron chi connectivity index (χ0n) is 21.3. The van der Waals surface area contributed by atoms with Crippen LogP contribution in [0.3, 0.4) is 0 Å². The minimum absolute atomic E-state index is 0.0453.